The average Bonchev–Trinajstić information content (AvgIpc) is 3.10. The van der Waals surface area contributed by atoms with Crippen molar-refractivity contribution in [2.24, 2.45) is 0 Å². The van der Waals surface area contributed by atoms with Gasteiger partial charge in [0.05, 0.1) is 11.2 Å². The Bertz CT molecular complexity index is 480. The van der Waals surface area contributed by atoms with Crippen LogP contribution in [0.2, 0.25) is 0 Å². The van der Waals surface area contributed by atoms with E-state index in [-0.39, 0.29) is 5.54 Å². The van der Waals surface area contributed by atoms with Gasteiger partial charge in [0.15, 0.2) is 0 Å². The number of nitrogens with zero attached hydrogens (tertiary/aromatic N) is 2. The van der Waals surface area contributed by atoms with Crippen LogP contribution in [-0.2, 0) is 12.0 Å². The Hall–Kier alpha value is -0.450. The highest BCUT2D eigenvalue weighted by molar-refractivity contribution is 7.11. The standard InChI is InChI=1S/C16H27N3S/c1-5-14-12(4)20-15(18-14)16(17-6-2)9-11(3)19(10-16)13-7-8-13/h11,13,17H,5-10H2,1-4H3. The van der Waals surface area contributed by atoms with Gasteiger partial charge in [-0.3, -0.25) is 4.90 Å². The van der Waals surface area contributed by atoms with Crippen molar-refractivity contribution in [2.45, 2.75) is 71.0 Å². The Morgan fingerprint density at radius 2 is 2.15 bits per heavy atom. The number of hydrogen-bond acceptors (Lipinski definition) is 4. The highest BCUT2D eigenvalue weighted by Gasteiger charge is 2.49. The van der Waals surface area contributed by atoms with Gasteiger partial charge in [-0.05, 0) is 46.1 Å². The van der Waals surface area contributed by atoms with Crippen LogP contribution in [0.15, 0.2) is 0 Å². The molecule has 3 nitrogen and oxygen atoms in total. The summed E-state index contributed by atoms with van der Waals surface area (Å²) in [5, 5.41) is 5.11. The molecule has 1 aromatic heterocycles. The van der Waals surface area contributed by atoms with Gasteiger partial charge in [0.1, 0.15) is 5.01 Å². The van der Waals surface area contributed by atoms with Gasteiger partial charge in [-0.1, -0.05) is 13.8 Å². The molecule has 0 aromatic carbocycles. The van der Waals surface area contributed by atoms with E-state index in [0.717, 1.165) is 25.6 Å². The van der Waals surface area contributed by atoms with Gasteiger partial charge in [0.2, 0.25) is 0 Å². The summed E-state index contributed by atoms with van der Waals surface area (Å²) in [5.41, 5.74) is 1.39. The lowest BCUT2D eigenvalue weighted by atomic mass is 9.97. The zero-order chi connectivity index (χ0) is 14.3. The van der Waals surface area contributed by atoms with E-state index in [1.807, 2.05) is 11.3 Å². The highest BCUT2D eigenvalue weighted by Crippen LogP contribution is 2.43. The predicted molar refractivity (Wildman–Crippen MR) is 85.4 cm³/mol. The summed E-state index contributed by atoms with van der Waals surface area (Å²) in [6, 6.07) is 1.52. The summed E-state index contributed by atoms with van der Waals surface area (Å²) in [6.07, 6.45) is 5.03. The van der Waals surface area contributed by atoms with E-state index in [0.29, 0.717) is 6.04 Å². The Morgan fingerprint density at radius 3 is 2.70 bits per heavy atom. The predicted octanol–water partition coefficient (Wildman–Crippen LogP) is 3.08. The van der Waals surface area contributed by atoms with Crippen molar-refractivity contribution in [3.05, 3.63) is 15.6 Å². The zero-order valence-corrected chi connectivity index (χ0v) is 14.0. The van der Waals surface area contributed by atoms with Crippen LogP contribution in [0.25, 0.3) is 0 Å². The number of nitrogens with one attached hydrogen (secondary N) is 1. The molecule has 2 fully saturated rings. The lowest BCUT2D eigenvalue weighted by molar-refractivity contribution is 0.241. The van der Waals surface area contributed by atoms with Crippen LogP contribution in [0.4, 0.5) is 0 Å². The molecule has 1 saturated carbocycles. The fourth-order valence-corrected chi connectivity index (χ4v) is 4.88. The summed E-state index contributed by atoms with van der Waals surface area (Å²) < 4.78 is 0. The number of aromatic nitrogens is 1. The maximum absolute atomic E-state index is 4.98. The van der Waals surface area contributed by atoms with Crippen molar-refractivity contribution in [2.75, 3.05) is 13.1 Å². The summed E-state index contributed by atoms with van der Waals surface area (Å²) in [4.78, 5) is 9.09. The molecule has 112 valence electrons. The first kappa shape index (κ1) is 14.5. The van der Waals surface area contributed by atoms with Crippen LogP contribution in [-0.4, -0.2) is 35.1 Å². The van der Waals surface area contributed by atoms with Crippen LogP contribution < -0.4 is 5.32 Å². The Labute approximate surface area is 126 Å². The first-order chi connectivity index (χ1) is 9.59. The van der Waals surface area contributed by atoms with Crippen molar-refractivity contribution in [3.63, 3.8) is 0 Å². The molecule has 20 heavy (non-hydrogen) atoms. The molecule has 1 aliphatic carbocycles. The minimum Gasteiger partial charge on any atom is -0.305 e. The molecule has 0 radical (unpaired) electrons. The van der Waals surface area contributed by atoms with Gasteiger partial charge in [-0.25, -0.2) is 4.98 Å². The van der Waals surface area contributed by atoms with Gasteiger partial charge < -0.3 is 5.32 Å². The van der Waals surface area contributed by atoms with Gasteiger partial charge in [-0.15, -0.1) is 11.3 Å². The minimum atomic E-state index is 0.0968. The first-order valence-corrected chi connectivity index (χ1v) is 8.89. The van der Waals surface area contributed by atoms with E-state index < -0.39 is 0 Å². The molecular weight excluding hydrogens is 266 g/mol. The van der Waals surface area contributed by atoms with E-state index in [2.05, 4.69) is 37.9 Å². The summed E-state index contributed by atoms with van der Waals surface area (Å²) in [7, 11) is 0. The largest absolute Gasteiger partial charge is 0.305 e. The van der Waals surface area contributed by atoms with Crippen molar-refractivity contribution < 1.29 is 0 Å². The lowest BCUT2D eigenvalue weighted by Crippen LogP contribution is -2.45. The third-order valence-corrected chi connectivity index (χ3v) is 6.05. The number of thiazole rings is 1. The van der Waals surface area contributed by atoms with Crippen LogP contribution >= 0.6 is 11.3 Å². The number of rotatable bonds is 5. The molecule has 3 rings (SSSR count). The summed E-state index contributed by atoms with van der Waals surface area (Å²) in [5.74, 6) is 0. The molecule has 0 bridgehead atoms. The van der Waals surface area contributed by atoms with Gasteiger partial charge >= 0.3 is 0 Å². The normalized spacial score (nSPS) is 31.1. The molecular formula is C16H27N3S. The second-order valence-corrected chi connectivity index (χ2v) is 7.65. The molecule has 2 unspecified atom stereocenters. The maximum Gasteiger partial charge on any atom is 0.115 e. The second kappa shape index (κ2) is 5.39. The molecule has 4 heteroatoms. The minimum absolute atomic E-state index is 0.0968. The fourth-order valence-electron chi connectivity index (χ4n) is 3.71. The molecule has 0 amide bonds. The van der Waals surface area contributed by atoms with E-state index in [1.54, 1.807) is 0 Å². The third-order valence-electron chi connectivity index (χ3n) is 4.83. The maximum atomic E-state index is 4.98. The molecule has 2 heterocycles. The lowest BCUT2D eigenvalue weighted by Gasteiger charge is -2.28. The Balaban J connectivity index is 1.91. The van der Waals surface area contributed by atoms with Crippen molar-refractivity contribution in [1.82, 2.24) is 15.2 Å². The quantitative estimate of drug-likeness (QED) is 0.904. The van der Waals surface area contributed by atoms with E-state index in [1.165, 1.54) is 34.8 Å². The highest BCUT2D eigenvalue weighted by atomic mass is 32.1. The van der Waals surface area contributed by atoms with Crippen molar-refractivity contribution in [1.29, 1.82) is 0 Å². The van der Waals surface area contributed by atoms with E-state index in [4.69, 9.17) is 4.98 Å². The van der Waals surface area contributed by atoms with Crippen LogP contribution in [0.1, 0.15) is 55.6 Å². The summed E-state index contributed by atoms with van der Waals surface area (Å²) in [6.45, 7) is 11.2. The Kier molecular flexibility index (Phi) is 3.91. The molecule has 1 aromatic rings. The SMILES string of the molecule is CCNC1(c2nc(CC)c(C)s2)CC(C)N(C2CC2)C1. The summed E-state index contributed by atoms with van der Waals surface area (Å²) >= 11 is 1.91. The average molecular weight is 293 g/mol. The molecule has 1 saturated heterocycles. The van der Waals surface area contributed by atoms with Crippen molar-refractivity contribution >= 4 is 11.3 Å². The zero-order valence-electron chi connectivity index (χ0n) is 13.2. The molecule has 1 aliphatic heterocycles. The van der Waals surface area contributed by atoms with E-state index in [9.17, 15) is 0 Å². The third kappa shape index (κ3) is 2.42. The van der Waals surface area contributed by atoms with Gasteiger partial charge in [0, 0.05) is 23.5 Å². The van der Waals surface area contributed by atoms with E-state index >= 15 is 0 Å². The van der Waals surface area contributed by atoms with Crippen molar-refractivity contribution in [3.8, 4) is 0 Å². The monoisotopic (exact) mass is 293 g/mol. The second-order valence-electron chi connectivity index (χ2n) is 6.44. The topological polar surface area (TPSA) is 28.2 Å². The van der Waals surface area contributed by atoms with Gasteiger partial charge in [-0.2, -0.15) is 0 Å². The number of hydrogen-bond donors (Lipinski definition) is 1. The Morgan fingerprint density at radius 1 is 1.40 bits per heavy atom. The van der Waals surface area contributed by atoms with Crippen LogP contribution in [0.5, 0.6) is 0 Å². The number of likely N-dealkylation sites (N-methyl/N-ethyl adjacent to an activating group) is 1. The van der Waals surface area contributed by atoms with Crippen LogP contribution in [0.3, 0.4) is 0 Å². The molecule has 2 atom stereocenters. The molecule has 0 spiro atoms. The fraction of sp³-hybridized carbons (Fsp3) is 0.812. The molecule has 1 N–H and O–H groups in total. The first-order valence-electron chi connectivity index (χ1n) is 8.07. The number of likely N-dealkylation sites (tertiary alicyclic amines) is 1. The van der Waals surface area contributed by atoms with Gasteiger partial charge in [0.25, 0.3) is 0 Å². The molecule has 2 aliphatic rings. The smallest absolute Gasteiger partial charge is 0.115 e. The number of aryl methyl sites for hydroxylation is 2. The van der Waals surface area contributed by atoms with Crippen LogP contribution in [0, 0.1) is 6.92 Å².